The van der Waals surface area contributed by atoms with Gasteiger partial charge in [-0.3, -0.25) is 9.59 Å². The van der Waals surface area contributed by atoms with E-state index in [-0.39, 0.29) is 36.0 Å². The molecule has 146 valence electrons. The lowest BCUT2D eigenvalue weighted by molar-refractivity contribution is -0.134. The van der Waals surface area contributed by atoms with Crippen LogP contribution in [0, 0.1) is 11.7 Å². The number of halogens is 2. The molecule has 0 unspecified atom stereocenters. The molecule has 0 aromatic heterocycles. The van der Waals surface area contributed by atoms with Crippen LogP contribution in [-0.2, 0) is 9.59 Å². The Hall–Kier alpha value is -1.66. The van der Waals surface area contributed by atoms with E-state index >= 15 is 0 Å². The highest BCUT2D eigenvalue weighted by Gasteiger charge is 2.27. The molecule has 2 amide bonds. The van der Waals surface area contributed by atoms with Gasteiger partial charge in [-0.05, 0) is 56.5 Å². The van der Waals surface area contributed by atoms with E-state index in [4.69, 9.17) is 5.73 Å². The summed E-state index contributed by atoms with van der Waals surface area (Å²) in [5, 5.41) is 2.82. The molecular weight excluding hydrogens is 357 g/mol. The van der Waals surface area contributed by atoms with Gasteiger partial charge in [0, 0.05) is 31.1 Å². The monoisotopic (exact) mass is 385 g/mol. The van der Waals surface area contributed by atoms with E-state index in [1.165, 1.54) is 12.1 Å². The molecule has 1 saturated heterocycles. The van der Waals surface area contributed by atoms with Crippen LogP contribution in [0.2, 0.25) is 0 Å². The Morgan fingerprint density at radius 3 is 2.31 bits per heavy atom. The van der Waals surface area contributed by atoms with Gasteiger partial charge in [-0.15, -0.1) is 12.4 Å². The maximum atomic E-state index is 12.9. The molecule has 1 aliphatic heterocycles. The molecule has 3 N–H and O–H groups in total. The van der Waals surface area contributed by atoms with E-state index < -0.39 is 0 Å². The first-order valence-electron chi connectivity index (χ1n) is 9.14. The van der Waals surface area contributed by atoms with Crippen molar-refractivity contribution >= 4 is 29.9 Å². The summed E-state index contributed by atoms with van der Waals surface area (Å²) in [5.74, 6) is -0.294. The third-order valence-corrected chi connectivity index (χ3v) is 4.67. The standard InChI is InChI=1S/C19H28FN3O2.ClH/c20-16-6-8-17(9-7-16)22-19(25)15-10-13-23(14-11-15)18(24)5-3-1-2-4-12-21;/h6-9,15H,1-5,10-14,21H2,(H,22,25);1H. The molecule has 1 heterocycles. The number of hydrogen-bond acceptors (Lipinski definition) is 3. The maximum Gasteiger partial charge on any atom is 0.227 e. The molecule has 0 bridgehead atoms. The number of amides is 2. The van der Waals surface area contributed by atoms with Crippen molar-refractivity contribution in [3.63, 3.8) is 0 Å². The second-order valence-electron chi connectivity index (χ2n) is 6.60. The third-order valence-electron chi connectivity index (χ3n) is 4.67. The number of benzene rings is 1. The summed E-state index contributed by atoms with van der Waals surface area (Å²) in [7, 11) is 0. The Balaban J connectivity index is 0.00000338. The van der Waals surface area contributed by atoms with Crippen molar-refractivity contribution in [2.24, 2.45) is 11.7 Å². The first-order chi connectivity index (χ1) is 12.1. The first-order valence-corrected chi connectivity index (χ1v) is 9.14. The fourth-order valence-corrected chi connectivity index (χ4v) is 3.10. The number of hydrogen-bond donors (Lipinski definition) is 2. The highest BCUT2D eigenvalue weighted by atomic mass is 35.5. The summed E-state index contributed by atoms with van der Waals surface area (Å²) < 4.78 is 12.9. The van der Waals surface area contributed by atoms with Crippen LogP contribution in [0.15, 0.2) is 24.3 Å². The molecule has 5 nitrogen and oxygen atoms in total. The minimum Gasteiger partial charge on any atom is -0.343 e. The van der Waals surface area contributed by atoms with Gasteiger partial charge in [-0.1, -0.05) is 12.8 Å². The zero-order chi connectivity index (χ0) is 18.1. The van der Waals surface area contributed by atoms with Gasteiger partial charge in [-0.2, -0.15) is 0 Å². The second-order valence-corrected chi connectivity index (χ2v) is 6.60. The van der Waals surface area contributed by atoms with E-state index in [9.17, 15) is 14.0 Å². The van der Waals surface area contributed by atoms with Gasteiger partial charge in [0.15, 0.2) is 0 Å². The van der Waals surface area contributed by atoms with E-state index in [0.29, 0.717) is 44.6 Å². The SMILES string of the molecule is Cl.NCCCCCCC(=O)N1CCC(C(=O)Nc2ccc(F)cc2)CC1. The normalized spacial score (nSPS) is 14.6. The predicted octanol–water partition coefficient (Wildman–Crippen LogP) is 3.33. The fourth-order valence-electron chi connectivity index (χ4n) is 3.10. The highest BCUT2D eigenvalue weighted by molar-refractivity contribution is 5.92. The molecule has 0 aliphatic carbocycles. The molecule has 0 spiro atoms. The van der Waals surface area contributed by atoms with Crippen LogP contribution in [0.25, 0.3) is 0 Å². The Morgan fingerprint density at radius 2 is 1.69 bits per heavy atom. The van der Waals surface area contributed by atoms with E-state index in [1.54, 1.807) is 12.1 Å². The molecule has 0 radical (unpaired) electrons. The summed E-state index contributed by atoms with van der Waals surface area (Å²) in [6.07, 6.45) is 5.97. The van der Waals surface area contributed by atoms with Gasteiger partial charge in [-0.25, -0.2) is 4.39 Å². The largest absolute Gasteiger partial charge is 0.343 e. The average Bonchev–Trinajstić information content (AvgIpc) is 2.63. The number of likely N-dealkylation sites (tertiary alicyclic amines) is 1. The fraction of sp³-hybridized carbons (Fsp3) is 0.579. The van der Waals surface area contributed by atoms with Crippen LogP contribution < -0.4 is 11.1 Å². The number of piperidine rings is 1. The average molecular weight is 386 g/mol. The number of carbonyl (C=O) groups is 2. The van der Waals surface area contributed by atoms with E-state index in [0.717, 1.165) is 25.7 Å². The van der Waals surface area contributed by atoms with Crippen molar-refractivity contribution in [1.82, 2.24) is 4.90 Å². The van der Waals surface area contributed by atoms with E-state index in [1.807, 2.05) is 4.90 Å². The molecule has 1 fully saturated rings. The quantitative estimate of drug-likeness (QED) is 0.674. The molecule has 1 aromatic rings. The number of nitrogens with zero attached hydrogens (tertiary/aromatic N) is 1. The summed E-state index contributed by atoms with van der Waals surface area (Å²) in [5.41, 5.74) is 6.05. The van der Waals surface area contributed by atoms with E-state index in [2.05, 4.69) is 5.32 Å². The maximum absolute atomic E-state index is 12.9. The van der Waals surface area contributed by atoms with Crippen molar-refractivity contribution in [3.05, 3.63) is 30.1 Å². The Kier molecular flexibility index (Phi) is 10.2. The number of nitrogens with one attached hydrogen (secondary N) is 1. The molecule has 26 heavy (non-hydrogen) atoms. The molecule has 1 aromatic carbocycles. The van der Waals surface area contributed by atoms with Crippen LogP contribution in [-0.4, -0.2) is 36.3 Å². The van der Waals surface area contributed by atoms with Crippen molar-refractivity contribution in [1.29, 1.82) is 0 Å². The molecule has 2 rings (SSSR count). The van der Waals surface area contributed by atoms with Gasteiger partial charge in [0.05, 0.1) is 0 Å². The minimum absolute atomic E-state index is 0. The Morgan fingerprint density at radius 1 is 1.08 bits per heavy atom. The molecular formula is C19H29ClFN3O2. The van der Waals surface area contributed by atoms with Crippen molar-refractivity contribution in [2.75, 3.05) is 25.0 Å². The van der Waals surface area contributed by atoms with Crippen molar-refractivity contribution < 1.29 is 14.0 Å². The number of unbranched alkanes of at least 4 members (excludes halogenated alkanes) is 3. The van der Waals surface area contributed by atoms with Crippen molar-refractivity contribution in [2.45, 2.75) is 44.9 Å². The zero-order valence-electron chi connectivity index (χ0n) is 15.1. The lowest BCUT2D eigenvalue weighted by Crippen LogP contribution is -2.41. The van der Waals surface area contributed by atoms with Crippen LogP contribution in [0.5, 0.6) is 0 Å². The lowest BCUT2D eigenvalue weighted by Gasteiger charge is -2.31. The minimum atomic E-state index is -0.326. The highest BCUT2D eigenvalue weighted by Crippen LogP contribution is 2.20. The lowest BCUT2D eigenvalue weighted by atomic mass is 9.95. The first kappa shape index (κ1) is 22.4. The summed E-state index contributed by atoms with van der Waals surface area (Å²) in [6, 6.07) is 5.75. The number of nitrogens with two attached hydrogens (primary N) is 1. The molecule has 1 aliphatic rings. The predicted molar refractivity (Wildman–Crippen MR) is 104 cm³/mol. The summed E-state index contributed by atoms with van der Waals surface area (Å²) in [4.78, 5) is 26.3. The van der Waals surface area contributed by atoms with Gasteiger partial charge in [0.25, 0.3) is 0 Å². The summed E-state index contributed by atoms with van der Waals surface area (Å²) >= 11 is 0. The Bertz CT molecular complexity index is 560. The zero-order valence-corrected chi connectivity index (χ0v) is 15.9. The molecule has 0 atom stereocenters. The third kappa shape index (κ3) is 7.30. The topological polar surface area (TPSA) is 75.4 Å². The molecule has 0 saturated carbocycles. The van der Waals surface area contributed by atoms with Gasteiger partial charge in [0.2, 0.25) is 11.8 Å². The smallest absolute Gasteiger partial charge is 0.227 e. The van der Waals surface area contributed by atoms with Gasteiger partial charge >= 0.3 is 0 Å². The van der Waals surface area contributed by atoms with Gasteiger partial charge < -0.3 is 16.0 Å². The number of anilines is 1. The number of rotatable bonds is 8. The van der Waals surface area contributed by atoms with Crippen LogP contribution in [0.4, 0.5) is 10.1 Å². The van der Waals surface area contributed by atoms with Crippen LogP contribution in [0.3, 0.4) is 0 Å². The van der Waals surface area contributed by atoms with Crippen LogP contribution >= 0.6 is 12.4 Å². The van der Waals surface area contributed by atoms with Gasteiger partial charge in [0.1, 0.15) is 5.82 Å². The second kappa shape index (κ2) is 11.9. The molecule has 7 heteroatoms. The Labute approximate surface area is 160 Å². The van der Waals surface area contributed by atoms with Crippen molar-refractivity contribution in [3.8, 4) is 0 Å². The van der Waals surface area contributed by atoms with Crippen LogP contribution in [0.1, 0.15) is 44.9 Å². The number of carbonyl (C=O) groups excluding carboxylic acids is 2. The summed E-state index contributed by atoms with van der Waals surface area (Å²) in [6.45, 7) is 1.97.